The fourth-order valence-corrected chi connectivity index (χ4v) is 2.59. The van der Waals surface area contributed by atoms with E-state index >= 15 is 0 Å². The predicted molar refractivity (Wildman–Crippen MR) is 111 cm³/mol. The van der Waals surface area contributed by atoms with Crippen molar-refractivity contribution in [1.29, 1.82) is 0 Å². The van der Waals surface area contributed by atoms with Crippen LogP contribution in [0.4, 0.5) is 8.78 Å². The summed E-state index contributed by atoms with van der Waals surface area (Å²) in [6, 6.07) is 11.1. The molecule has 32 heavy (non-hydrogen) atoms. The minimum Gasteiger partial charge on any atom is -0.493 e. The standard InChI is InChI=1S/C21H21F2N3O2.HNO3/c1-15-4-7-18(8-5-15)27-10-3-11-28-21(16(2)26-14-24-13-25-26)19-9-6-17(22)12-20(19)23;2-1(3)4/h4-9,12-14H,3,10-11H2,1-2H3;(H,2,3,4)/b21-16-;. The average molecular weight is 448 g/mol. The lowest BCUT2D eigenvalue weighted by molar-refractivity contribution is -0.742. The minimum absolute atomic E-state index is 0.161. The number of nitrogens with zero attached hydrogens (tertiary/aromatic N) is 4. The number of rotatable bonds is 8. The van der Waals surface area contributed by atoms with Crippen LogP contribution in [-0.2, 0) is 4.74 Å². The van der Waals surface area contributed by atoms with Gasteiger partial charge in [0.1, 0.15) is 30.0 Å². The Labute approximate surface area is 182 Å². The molecule has 0 spiro atoms. The molecule has 1 heterocycles. The molecule has 3 aromatic rings. The molecule has 0 bridgehead atoms. The molecule has 3 rings (SSSR count). The Bertz CT molecular complexity index is 1040. The van der Waals surface area contributed by atoms with Gasteiger partial charge in [0, 0.05) is 12.5 Å². The summed E-state index contributed by atoms with van der Waals surface area (Å²) in [6.45, 7) is 4.49. The molecular weight excluding hydrogens is 426 g/mol. The highest BCUT2D eigenvalue weighted by atomic mass is 19.1. The Kier molecular flexibility index (Phi) is 9.08. The van der Waals surface area contributed by atoms with Crippen LogP contribution in [0.15, 0.2) is 55.1 Å². The molecule has 0 unspecified atom stereocenters. The van der Waals surface area contributed by atoms with Crippen molar-refractivity contribution in [2.75, 3.05) is 13.2 Å². The number of ether oxygens (including phenoxy) is 2. The van der Waals surface area contributed by atoms with Crippen molar-refractivity contribution in [3.63, 3.8) is 0 Å². The topological polar surface area (TPSA) is 113 Å². The van der Waals surface area contributed by atoms with Crippen molar-refractivity contribution in [2.45, 2.75) is 20.3 Å². The molecule has 0 aliphatic carbocycles. The molecule has 0 fully saturated rings. The summed E-state index contributed by atoms with van der Waals surface area (Å²) in [4.78, 5) is 12.3. The third-order valence-electron chi connectivity index (χ3n) is 4.09. The number of aryl methyl sites for hydroxylation is 1. The average Bonchev–Trinajstić information content (AvgIpc) is 3.27. The Balaban J connectivity index is 0.000000837. The third-order valence-corrected chi connectivity index (χ3v) is 4.09. The third kappa shape index (κ3) is 7.67. The summed E-state index contributed by atoms with van der Waals surface area (Å²) in [7, 11) is 0. The van der Waals surface area contributed by atoms with E-state index in [1.807, 2.05) is 31.2 Å². The molecule has 1 aromatic heterocycles. The quantitative estimate of drug-likeness (QED) is 0.236. The van der Waals surface area contributed by atoms with Crippen LogP contribution >= 0.6 is 0 Å². The molecule has 0 saturated heterocycles. The van der Waals surface area contributed by atoms with Crippen molar-refractivity contribution in [1.82, 2.24) is 14.8 Å². The fraction of sp³-hybridized carbons (Fsp3) is 0.238. The van der Waals surface area contributed by atoms with E-state index in [4.69, 9.17) is 24.8 Å². The maximum absolute atomic E-state index is 14.3. The molecule has 1 N–H and O–H groups in total. The number of aromatic nitrogens is 3. The van der Waals surface area contributed by atoms with Gasteiger partial charge in [0.15, 0.2) is 5.76 Å². The van der Waals surface area contributed by atoms with Gasteiger partial charge in [0.05, 0.1) is 24.5 Å². The molecule has 0 amide bonds. The summed E-state index contributed by atoms with van der Waals surface area (Å²) in [5, 5.41) is 17.7. The Morgan fingerprint density at radius 3 is 2.47 bits per heavy atom. The molecule has 170 valence electrons. The van der Waals surface area contributed by atoms with Crippen LogP contribution in [0.25, 0.3) is 11.5 Å². The van der Waals surface area contributed by atoms with E-state index in [0.717, 1.165) is 17.4 Å². The number of allylic oxidation sites excluding steroid dienone is 1. The first-order chi connectivity index (χ1) is 15.3. The highest BCUT2D eigenvalue weighted by molar-refractivity contribution is 5.77. The zero-order chi connectivity index (χ0) is 23.5. The van der Waals surface area contributed by atoms with Crippen LogP contribution in [0.2, 0.25) is 0 Å². The van der Waals surface area contributed by atoms with Crippen molar-refractivity contribution >= 4 is 11.5 Å². The minimum atomic E-state index is -1.50. The molecule has 2 aromatic carbocycles. The fourth-order valence-electron chi connectivity index (χ4n) is 2.59. The van der Waals surface area contributed by atoms with Gasteiger partial charge in [-0.05, 0) is 38.1 Å². The van der Waals surface area contributed by atoms with Crippen LogP contribution in [0.3, 0.4) is 0 Å². The lowest BCUT2D eigenvalue weighted by Crippen LogP contribution is -2.07. The summed E-state index contributed by atoms with van der Waals surface area (Å²) < 4.78 is 40.6. The van der Waals surface area contributed by atoms with Gasteiger partial charge in [-0.3, -0.25) is 0 Å². The second-order valence-electron chi connectivity index (χ2n) is 6.48. The predicted octanol–water partition coefficient (Wildman–Crippen LogP) is 4.35. The molecule has 11 heteroatoms. The summed E-state index contributed by atoms with van der Waals surface area (Å²) in [5.41, 5.74) is 1.87. The SMILES string of the molecule is C/C(=C(/OCCCOc1ccc(C)cc1)c1ccc(F)cc1F)n1cncn1.O=[N+]([O-])O. The van der Waals surface area contributed by atoms with Gasteiger partial charge in [0.2, 0.25) is 0 Å². The van der Waals surface area contributed by atoms with E-state index in [9.17, 15) is 8.78 Å². The number of hydrogen-bond acceptors (Lipinski definition) is 6. The van der Waals surface area contributed by atoms with Gasteiger partial charge in [-0.1, -0.05) is 17.7 Å². The zero-order valence-corrected chi connectivity index (χ0v) is 17.4. The van der Waals surface area contributed by atoms with Gasteiger partial charge in [-0.2, -0.15) is 5.10 Å². The van der Waals surface area contributed by atoms with Crippen molar-refractivity contribution in [3.05, 3.63) is 88.0 Å². The van der Waals surface area contributed by atoms with Gasteiger partial charge in [0.25, 0.3) is 5.09 Å². The van der Waals surface area contributed by atoms with Crippen LogP contribution in [0, 0.1) is 28.7 Å². The Morgan fingerprint density at radius 2 is 1.88 bits per heavy atom. The maximum Gasteiger partial charge on any atom is 0.291 e. The molecule has 0 atom stereocenters. The number of benzene rings is 2. The van der Waals surface area contributed by atoms with Crippen molar-refractivity contribution < 1.29 is 28.5 Å². The summed E-state index contributed by atoms with van der Waals surface area (Å²) >= 11 is 0. The van der Waals surface area contributed by atoms with Gasteiger partial charge >= 0.3 is 0 Å². The van der Waals surface area contributed by atoms with Gasteiger partial charge in [-0.25, -0.2) is 18.4 Å². The highest BCUT2D eigenvalue weighted by Crippen LogP contribution is 2.26. The first-order valence-electron chi connectivity index (χ1n) is 9.44. The monoisotopic (exact) mass is 448 g/mol. The van der Waals surface area contributed by atoms with Crippen LogP contribution in [-0.4, -0.2) is 38.3 Å². The van der Waals surface area contributed by atoms with E-state index in [2.05, 4.69) is 10.1 Å². The summed E-state index contributed by atoms with van der Waals surface area (Å²) in [5.74, 6) is -0.293. The first kappa shape index (κ1) is 24.3. The molecule has 0 aliphatic rings. The van der Waals surface area contributed by atoms with Gasteiger partial charge < -0.3 is 14.7 Å². The maximum atomic E-state index is 14.3. The molecular formula is C21H22F2N4O5. The second-order valence-corrected chi connectivity index (χ2v) is 6.48. The normalized spacial score (nSPS) is 11.1. The molecule has 0 radical (unpaired) electrons. The lowest BCUT2D eigenvalue weighted by Gasteiger charge is -2.15. The molecule has 0 aliphatic heterocycles. The van der Waals surface area contributed by atoms with E-state index in [0.29, 0.717) is 25.3 Å². The largest absolute Gasteiger partial charge is 0.493 e. The van der Waals surface area contributed by atoms with Crippen LogP contribution in [0.1, 0.15) is 24.5 Å². The van der Waals surface area contributed by atoms with E-state index < -0.39 is 16.7 Å². The van der Waals surface area contributed by atoms with Crippen LogP contribution in [0.5, 0.6) is 5.75 Å². The van der Waals surface area contributed by atoms with Crippen molar-refractivity contribution in [3.8, 4) is 5.75 Å². The van der Waals surface area contributed by atoms with E-state index in [-0.39, 0.29) is 11.3 Å². The lowest BCUT2D eigenvalue weighted by atomic mass is 10.1. The number of hydrogen-bond donors (Lipinski definition) is 1. The molecule has 0 saturated carbocycles. The Morgan fingerprint density at radius 1 is 1.19 bits per heavy atom. The van der Waals surface area contributed by atoms with Gasteiger partial charge in [-0.15, -0.1) is 10.1 Å². The van der Waals surface area contributed by atoms with E-state index in [1.165, 1.54) is 29.5 Å². The zero-order valence-electron chi connectivity index (χ0n) is 17.4. The molecule has 9 nitrogen and oxygen atoms in total. The van der Waals surface area contributed by atoms with Crippen LogP contribution < -0.4 is 4.74 Å². The second kappa shape index (κ2) is 12.0. The highest BCUT2D eigenvalue weighted by Gasteiger charge is 2.15. The Hall–Kier alpha value is -4.02. The number of halogens is 2. The van der Waals surface area contributed by atoms with Crippen molar-refractivity contribution in [2.24, 2.45) is 0 Å². The van der Waals surface area contributed by atoms with E-state index in [1.54, 1.807) is 6.92 Å². The smallest absolute Gasteiger partial charge is 0.291 e. The first-order valence-corrected chi connectivity index (χ1v) is 9.44. The summed E-state index contributed by atoms with van der Waals surface area (Å²) in [6.07, 6.45) is 3.45.